The van der Waals surface area contributed by atoms with Gasteiger partial charge in [-0.25, -0.2) is 4.57 Å². The minimum absolute atomic E-state index is 0. The van der Waals surface area contributed by atoms with Gasteiger partial charge in [0, 0.05) is 17.4 Å². The Bertz CT molecular complexity index is 539. The molecule has 0 aliphatic heterocycles. The maximum atomic E-state index is 12.1. The van der Waals surface area contributed by atoms with Crippen LogP contribution in [0.15, 0.2) is 24.3 Å². The van der Waals surface area contributed by atoms with Crippen molar-refractivity contribution >= 4 is 25.2 Å². The molecule has 0 fully saturated rings. The maximum absolute atomic E-state index is 12.1. The van der Waals surface area contributed by atoms with E-state index in [-0.39, 0.29) is 24.0 Å². The highest BCUT2D eigenvalue weighted by Crippen LogP contribution is 2.45. The molecule has 1 rings (SSSR count). The SMILES string of the molecule is CCCCCCCCCCCCCCOP(=O)(O)Oc1ccccc1CC.[Al]. The fraction of sp³-hybridized carbons (Fsp3) is 0.727. The van der Waals surface area contributed by atoms with Crippen LogP contribution in [-0.2, 0) is 15.5 Å². The molecule has 1 unspecified atom stereocenters. The minimum atomic E-state index is -4.04. The second kappa shape index (κ2) is 17.6. The van der Waals surface area contributed by atoms with Gasteiger partial charge >= 0.3 is 7.82 Å². The molecule has 1 atom stereocenters. The summed E-state index contributed by atoms with van der Waals surface area (Å²) in [6.07, 6.45) is 15.8. The Balaban J connectivity index is 0.00000729. The van der Waals surface area contributed by atoms with Crippen molar-refractivity contribution in [1.82, 2.24) is 0 Å². The molecule has 1 N–H and O–H groups in total. The van der Waals surface area contributed by atoms with E-state index in [4.69, 9.17) is 9.05 Å². The molecule has 0 saturated heterocycles. The lowest BCUT2D eigenvalue weighted by molar-refractivity contribution is 0.199. The molecular formula is C22H39AlO4P. The quantitative estimate of drug-likeness (QED) is 0.165. The van der Waals surface area contributed by atoms with Crippen LogP contribution < -0.4 is 4.52 Å². The van der Waals surface area contributed by atoms with Crippen molar-refractivity contribution in [2.75, 3.05) is 6.61 Å². The summed E-state index contributed by atoms with van der Waals surface area (Å²) in [7, 11) is -4.04. The zero-order chi connectivity index (χ0) is 19.8. The first-order valence-corrected chi connectivity index (χ1v) is 12.3. The summed E-state index contributed by atoms with van der Waals surface area (Å²) in [4.78, 5) is 9.88. The van der Waals surface area contributed by atoms with E-state index in [0.717, 1.165) is 31.2 Å². The van der Waals surface area contributed by atoms with Gasteiger partial charge in [0.25, 0.3) is 0 Å². The van der Waals surface area contributed by atoms with Gasteiger partial charge in [-0.15, -0.1) is 0 Å². The van der Waals surface area contributed by atoms with E-state index in [1.165, 1.54) is 57.8 Å². The summed E-state index contributed by atoms with van der Waals surface area (Å²) >= 11 is 0. The van der Waals surface area contributed by atoms with Crippen LogP contribution in [0.25, 0.3) is 0 Å². The molecule has 0 bridgehead atoms. The van der Waals surface area contributed by atoms with Gasteiger partial charge in [0.15, 0.2) is 0 Å². The summed E-state index contributed by atoms with van der Waals surface area (Å²) in [6.45, 7) is 4.50. The second-order valence-electron chi connectivity index (χ2n) is 7.24. The molecule has 0 amide bonds. The third-order valence-corrected chi connectivity index (χ3v) is 5.76. The van der Waals surface area contributed by atoms with Crippen molar-refractivity contribution in [3.05, 3.63) is 29.8 Å². The highest BCUT2D eigenvalue weighted by atomic mass is 31.2. The average molecular weight is 426 g/mol. The van der Waals surface area contributed by atoms with Crippen LogP contribution in [0.4, 0.5) is 0 Å². The number of benzene rings is 1. The average Bonchev–Trinajstić information content (AvgIpc) is 2.65. The van der Waals surface area contributed by atoms with Crippen LogP contribution in [0.5, 0.6) is 5.75 Å². The molecule has 0 saturated carbocycles. The Hall–Kier alpha value is -0.298. The Labute approximate surface area is 183 Å². The lowest BCUT2D eigenvalue weighted by Crippen LogP contribution is -2.01. The Morgan fingerprint density at radius 2 is 1.32 bits per heavy atom. The number of phosphoric acid groups is 1. The fourth-order valence-electron chi connectivity index (χ4n) is 3.16. The summed E-state index contributed by atoms with van der Waals surface area (Å²) in [5.41, 5.74) is 0.903. The molecule has 0 heterocycles. The molecule has 3 radical (unpaired) electrons. The lowest BCUT2D eigenvalue weighted by Gasteiger charge is -2.15. The number of hydrogen-bond donors (Lipinski definition) is 1. The van der Waals surface area contributed by atoms with Crippen molar-refractivity contribution < 1.29 is 18.5 Å². The summed E-state index contributed by atoms with van der Waals surface area (Å²) in [6, 6.07) is 7.27. The van der Waals surface area contributed by atoms with Crippen molar-refractivity contribution in [2.45, 2.75) is 97.3 Å². The summed E-state index contributed by atoms with van der Waals surface area (Å²) in [5, 5.41) is 0. The van der Waals surface area contributed by atoms with Crippen molar-refractivity contribution in [2.24, 2.45) is 0 Å². The van der Waals surface area contributed by atoms with Crippen LogP contribution in [-0.4, -0.2) is 28.9 Å². The van der Waals surface area contributed by atoms with E-state index in [9.17, 15) is 9.46 Å². The number of unbranched alkanes of at least 4 members (excludes halogenated alkanes) is 11. The summed E-state index contributed by atoms with van der Waals surface area (Å²) in [5.74, 6) is 0.431. The van der Waals surface area contributed by atoms with Gasteiger partial charge in [-0.1, -0.05) is 103 Å². The number of aryl methyl sites for hydroxylation is 1. The van der Waals surface area contributed by atoms with Crippen LogP contribution >= 0.6 is 7.82 Å². The minimum Gasteiger partial charge on any atom is -0.404 e. The van der Waals surface area contributed by atoms with Gasteiger partial charge in [0.1, 0.15) is 5.75 Å². The predicted octanol–water partition coefficient (Wildman–Crippen LogP) is 7.07. The first kappa shape index (κ1) is 27.7. The van der Waals surface area contributed by atoms with Crippen LogP contribution in [0.1, 0.15) is 96.5 Å². The fourth-order valence-corrected chi connectivity index (χ4v) is 4.00. The first-order valence-electron chi connectivity index (χ1n) is 10.8. The number of para-hydroxylation sites is 1. The number of hydrogen-bond acceptors (Lipinski definition) is 3. The molecule has 0 spiro atoms. The Kier molecular flexibility index (Phi) is 17.4. The molecule has 0 aliphatic carbocycles. The third kappa shape index (κ3) is 13.8. The predicted molar refractivity (Wildman–Crippen MR) is 119 cm³/mol. The van der Waals surface area contributed by atoms with Gasteiger partial charge < -0.3 is 4.52 Å². The van der Waals surface area contributed by atoms with Gasteiger partial charge in [-0.3, -0.25) is 9.42 Å². The molecule has 0 aromatic heterocycles. The van der Waals surface area contributed by atoms with Gasteiger partial charge in [-0.05, 0) is 24.5 Å². The van der Waals surface area contributed by atoms with E-state index in [1.54, 1.807) is 12.1 Å². The van der Waals surface area contributed by atoms with E-state index in [0.29, 0.717) is 5.75 Å². The monoisotopic (exact) mass is 425 g/mol. The van der Waals surface area contributed by atoms with Gasteiger partial charge in [0.2, 0.25) is 0 Å². The van der Waals surface area contributed by atoms with Crippen LogP contribution in [0.3, 0.4) is 0 Å². The van der Waals surface area contributed by atoms with Crippen LogP contribution in [0.2, 0.25) is 0 Å². The first-order chi connectivity index (χ1) is 13.1. The van der Waals surface area contributed by atoms with E-state index >= 15 is 0 Å². The smallest absolute Gasteiger partial charge is 0.404 e. The number of phosphoric ester groups is 1. The molecule has 0 aliphatic rings. The molecular weight excluding hydrogens is 386 g/mol. The van der Waals surface area contributed by atoms with Crippen molar-refractivity contribution in [3.8, 4) is 5.75 Å². The van der Waals surface area contributed by atoms with Crippen LogP contribution in [0, 0.1) is 0 Å². The second-order valence-corrected chi connectivity index (χ2v) is 8.62. The molecule has 159 valence electrons. The van der Waals surface area contributed by atoms with E-state index in [1.807, 2.05) is 19.1 Å². The van der Waals surface area contributed by atoms with Crippen molar-refractivity contribution in [3.63, 3.8) is 0 Å². The highest BCUT2D eigenvalue weighted by Gasteiger charge is 2.23. The van der Waals surface area contributed by atoms with E-state index < -0.39 is 7.82 Å². The molecule has 4 nitrogen and oxygen atoms in total. The largest absolute Gasteiger partial charge is 0.527 e. The zero-order valence-electron chi connectivity index (χ0n) is 17.9. The molecule has 1 aromatic rings. The normalized spacial score (nSPS) is 13.0. The maximum Gasteiger partial charge on any atom is 0.527 e. The van der Waals surface area contributed by atoms with Crippen molar-refractivity contribution in [1.29, 1.82) is 0 Å². The third-order valence-electron chi connectivity index (χ3n) is 4.82. The Morgan fingerprint density at radius 3 is 1.86 bits per heavy atom. The lowest BCUT2D eigenvalue weighted by atomic mass is 10.1. The summed E-state index contributed by atoms with van der Waals surface area (Å²) < 4.78 is 22.4. The standard InChI is InChI=1S/C22H39O4P.Al/c1-3-5-6-7-8-9-10-11-12-13-14-17-20-25-27(23,24)26-22-19-16-15-18-21(22)4-2;/h15-16,18-19H,3-14,17,20H2,1-2H3,(H,23,24);. The number of rotatable bonds is 17. The van der Waals surface area contributed by atoms with E-state index in [2.05, 4.69) is 6.92 Å². The molecule has 1 aromatic carbocycles. The van der Waals surface area contributed by atoms with Gasteiger partial charge in [-0.2, -0.15) is 0 Å². The zero-order valence-corrected chi connectivity index (χ0v) is 20.0. The topological polar surface area (TPSA) is 55.8 Å². The van der Waals surface area contributed by atoms with Gasteiger partial charge in [0.05, 0.1) is 6.61 Å². The molecule has 6 heteroatoms. The Morgan fingerprint density at radius 1 is 0.821 bits per heavy atom. The molecule has 28 heavy (non-hydrogen) atoms. The highest BCUT2D eigenvalue weighted by molar-refractivity contribution is 7.47.